The van der Waals surface area contributed by atoms with Gasteiger partial charge < -0.3 is 11.0 Å². The largest absolute Gasteiger partial charge is 0.412 e. The molecule has 0 unspecified atom stereocenters. The van der Waals surface area contributed by atoms with Gasteiger partial charge in [0.25, 0.3) is 0 Å². The van der Waals surface area contributed by atoms with Crippen molar-refractivity contribution in [1.29, 1.82) is 0 Å². The van der Waals surface area contributed by atoms with E-state index in [1.54, 1.807) is 24.7 Å². The van der Waals surface area contributed by atoms with Crippen molar-refractivity contribution >= 4 is 0 Å². The van der Waals surface area contributed by atoms with Gasteiger partial charge in [-0.1, -0.05) is 0 Å². The summed E-state index contributed by atoms with van der Waals surface area (Å²) in [7, 11) is 0. The molecule has 0 radical (unpaired) electrons. The molecule has 0 fully saturated rings. The molecule has 7 heavy (non-hydrogen) atoms. The monoisotopic (exact) mass is 183 g/mol. The number of hydrogen-bond donors (Lipinski definition) is 0. The third-order valence-corrected chi connectivity index (χ3v) is 1.40. The van der Waals surface area contributed by atoms with Gasteiger partial charge in [-0.15, -0.1) is 0 Å². The van der Waals surface area contributed by atoms with Gasteiger partial charge in [0.05, 0.1) is 0 Å². The fourth-order valence-corrected chi connectivity index (χ4v) is 1.05. The van der Waals surface area contributed by atoms with Crippen LogP contribution in [0.4, 0.5) is 0 Å². The van der Waals surface area contributed by atoms with Crippen LogP contribution in [0.5, 0.6) is 0 Å². The molecule has 3 heteroatoms. The van der Waals surface area contributed by atoms with E-state index in [9.17, 15) is 0 Å². The SMILES string of the molecule is CCC[CH2][Zr].O.O. The zero-order chi connectivity index (χ0) is 4.12. The Hall–Kier alpha value is 0.803. The Balaban J connectivity index is -0.0000000800. The Morgan fingerprint density at radius 2 is 1.71 bits per heavy atom. The van der Waals surface area contributed by atoms with E-state index in [2.05, 4.69) is 6.92 Å². The first-order valence-corrected chi connectivity index (χ1v) is 3.80. The molecular weight excluding hydrogens is 171 g/mol. The summed E-state index contributed by atoms with van der Waals surface area (Å²) in [5, 5.41) is 0. The second kappa shape index (κ2) is 15.8. The Labute approximate surface area is 59.8 Å². The quantitative estimate of drug-likeness (QED) is 0.584. The van der Waals surface area contributed by atoms with Crippen LogP contribution in [0.2, 0.25) is 4.13 Å². The van der Waals surface area contributed by atoms with Crippen molar-refractivity contribution in [2.24, 2.45) is 0 Å². The van der Waals surface area contributed by atoms with Gasteiger partial charge in [-0.25, -0.2) is 0 Å². The Morgan fingerprint density at radius 3 is 1.71 bits per heavy atom. The van der Waals surface area contributed by atoms with Crippen molar-refractivity contribution in [1.82, 2.24) is 0 Å². The van der Waals surface area contributed by atoms with Crippen LogP contribution in [-0.4, -0.2) is 11.0 Å². The molecule has 0 atom stereocenters. The van der Waals surface area contributed by atoms with Crippen LogP contribution in [0.15, 0.2) is 0 Å². The van der Waals surface area contributed by atoms with Crippen molar-refractivity contribution in [2.75, 3.05) is 0 Å². The zero-order valence-electron chi connectivity index (χ0n) is 4.62. The van der Waals surface area contributed by atoms with Crippen LogP contribution >= 0.6 is 0 Å². The van der Waals surface area contributed by atoms with Gasteiger partial charge in [0.15, 0.2) is 0 Å². The Morgan fingerprint density at radius 1 is 1.29 bits per heavy atom. The summed E-state index contributed by atoms with van der Waals surface area (Å²) in [6.45, 7) is 2.23. The van der Waals surface area contributed by atoms with E-state index >= 15 is 0 Å². The van der Waals surface area contributed by atoms with E-state index < -0.39 is 0 Å². The zero-order valence-corrected chi connectivity index (χ0v) is 7.08. The normalized spacial score (nSPS) is 5.71. The molecule has 0 saturated heterocycles. The predicted octanol–water partition coefficient (Wildman–Crippen LogP) is 0.102. The van der Waals surface area contributed by atoms with Gasteiger partial charge >= 0.3 is 48.6 Å². The van der Waals surface area contributed by atoms with Crippen LogP contribution in [0.25, 0.3) is 0 Å². The molecule has 0 bridgehead atoms. The molecule has 0 aromatic rings. The first-order chi connectivity index (χ1) is 2.41. The molecule has 0 spiro atoms. The molecule has 0 aliphatic heterocycles. The summed E-state index contributed by atoms with van der Waals surface area (Å²) in [5.41, 5.74) is 0. The summed E-state index contributed by atoms with van der Waals surface area (Å²) >= 11 is 1.68. The van der Waals surface area contributed by atoms with Gasteiger partial charge in [-0.2, -0.15) is 0 Å². The van der Waals surface area contributed by atoms with Gasteiger partial charge in [0.2, 0.25) is 0 Å². The van der Waals surface area contributed by atoms with Crippen LogP contribution in [0.3, 0.4) is 0 Å². The standard InChI is InChI=1S/C4H9.2H2O.Zr/c1-3-4-2;;;/h1,3-4H2,2H3;2*1H2;. The van der Waals surface area contributed by atoms with Crippen molar-refractivity contribution in [3.05, 3.63) is 0 Å². The molecular formula is C4H13O2Zr. The molecule has 0 amide bonds. The Bertz CT molecular complexity index is 17.2. The maximum Gasteiger partial charge on any atom is -0.412 e. The first-order valence-electron chi connectivity index (χ1n) is 2.06. The number of rotatable bonds is 2. The average Bonchev–Trinajstić information content (AvgIpc) is 1.41. The number of unbranched alkanes of at least 4 members (excludes halogenated alkanes) is 1. The molecule has 0 aliphatic carbocycles. The van der Waals surface area contributed by atoms with Crippen LogP contribution < -0.4 is 0 Å². The second-order valence-electron chi connectivity index (χ2n) is 1.10. The van der Waals surface area contributed by atoms with Crippen LogP contribution in [0, 0.1) is 0 Å². The van der Waals surface area contributed by atoms with E-state index in [0.717, 1.165) is 0 Å². The van der Waals surface area contributed by atoms with Gasteiger partial charge in [-0.05, 0) is 0 Å². The molecule has 0 aromatic heterocycles. The summed E-state index contributed by atoms with van der Waals surface area (Å²) < 4.78 is 1.43. The molecule has 0 aliphatic rings. The van der Waals surface area contributed by atoms with Crippen molar-refractivity contribution < 1.29 is 35.7 Å². The summed E-state index contributed by atoms with van der Waals surface area (Å²) in [4.78, 5) is 0. The van der Waals surface area contributed by atoms with Crippen molar-refractivity contribution in [3.8, 4) is 0 Å². The van der Waals surface area contributed by atoms with Gasteiger partial charge in [0, 0.05) is 0 Å². The predicted molar refractivity (Wildman–Crippen MR) is 26.9 cm³/mol. The molecule has 0 saturated carbocycles. The third kappa shape index (κ3) is 20.0. The summed E-state index contributed by atoms with van der Waals surface area (Å²) in [6.07, 6.45) is 2.80. The van der Waals surface area contributed by atoms with E-state index in [1.165, 1.54) is 17.0 Å². The first kappa shape index (κ1) is 15.7. The minimum atomic E-state index is 0. The van der Waals surface area contributed by atoms with Crippen LogP contribution in [0.1, 0.15) is 19.8 Å². The minimum Gasteiger partial charge on any atom is -0.412 e. The number of hydrogen-bond acceptors (Lipinski definition) is 0. The molecule has 0 rings (SSSR count). The van der Waals surface area contributed by atoms with Gasteiger partial charge in [0.1, 0.15) is 0 Å². The van der Waals surface area contributed by atoms with Crippen LogP contribution in [-0.2, 0) is 24.7 Å². The molecule has 2 nitrogen and oxygen atoms in total. The molecule has 0 aromatic carbocycles. The summed E-state index contributed by atoms with van der Waals surface area (Å²) in [5.74, 6) is 0. The topological polar surface area (TPSA) is 63.0 Å². The second-order valence-corrected chi connectivity index (χ2v) is 2.33. The smallest absolute Gasteiger partial charge is 0.412 e. The van der Waals surface area contributed by atoms with E-state index in [1.807, 2.05) is 0 Å². The molecule has 45 valence electrons. The third-order valence-electron chi connectivity index (χ3n) is 0.530. The van der Waals surface area contributed by atoms with Crippen molar-refractivity contribution in [3.63, 3.8) is 0 Å². The van der Waals surface area contributed by atoms with E-state index in [0.29, 0.717) is 0 Å². The minimum absolute atomic E-state index is 0. The molecule has 0 heterocycles. The van der Waals surface area contributed by atoms with Crippen molar-refractivity contribution in [2.45, 2.75) is 23.9 Å². The van der Waals surface area contributed by atoms with E-state index in [-0.39, 0.29) is 11.0 Å². The Kier molecular flexibility index (Phi) is 35.4. The average molecular weight is 184 g/mol. The fraction of sp³-hybridized carbons (Fsp3) is 1.00. The maximum absolute atomic E-state index is 2.23. The van der Waals surface area contributed by atoms with E-state index in [4.69, 9.17) is 0 Å². The van der Waals surface area contributed by atoms with Gasteiger partial charge in [-0.3, -0.25) is 0 Å². The summed E-state index contributed by atoms with van der Waals surface area (Å²) in [6, 6.07) is 0. The molecule has 4 N–H and O–H groups in total. The maximum atomic E-state index is 2.23. The fourth-order valence-electron chi connectivity index (χ4n) is 0.177.